The van der Waals surface area contributed by atoms with E-state index in [2.05, 4.69) is 10.6 Å². The molecule has 3 heteroatoms. The first kappa shape index (κ1) is 14.6. The van der Waals surface area contributed by atoms with Crippen molar-refractivity contribution in [1.82, 2.24) is 5.32 Å². The Hall–Kier alpha value is -1.35. The summed E-state index contributed by atoms with van der Waals surface area (Å²) < 4.78 is 0. The van der Waals surface area contributed by atoms with Crippen molar-refractivity contribution in [3.63, 3.8) is 0 Å². The van der Waals surface area contributed by atoms with Gasteiger partial charge in [0.05, 0.1) is 6.04 Å². The molecule has 2 fully saturated rings. The van der Waals surface area contributed by atoms with Crippen LogP contribution in [-0.2, 0) is 4.79 Å². The van der Waals surface area contributed by atoms with E-state index in [0.29, 0.717) is 0 Å². The molecule has 3 nitrogen and oxygen atoms in total. The van der Waals surface area contributed by atoms with Crippen molar-refractivity contribution < 1.29 is 4.79 Å². The minimum atomic E-state index is -0.133. The van der Waals surface area contributed by atoms with Crippen LogP contribution in [0.3, 0.4) is 0 Å². The van der Waals surface area contributed by atoms with E-state index >= 15 is 0 Å². The van der Waals surface area contributed by atoms with Crippen LogP contribution in [0.4, 0.5) is 5.69 Å². The van der Waals surface area contributed by atoms with Gasteiger partial charge < -0.3 is 10.6 Å². The highest BCUT2D eigenvalue weighted by Gasteiger charge is 2.41. The highest BCUT2D eigenvalue weighted by Crippen LogP contribution is 2.48. The summed E-state index contributed by atoms with van der Waals surface area (Å²) >= 11 is 0. The highest BCUT2D eigenvalue weighted by atomic mass is 16.2. The number of hydrogen-bond donors (Lipinski definition) is 2. The second kappa shape index (κ2) is 6.18. The van der Waals surface area contributed by atoms with Gasteiger partial charge in [0.2, 0.25) is 5.91 Å². The zero-order valence-corrected chi connectivity index (χ0v) is 13.1. The molecule has 3 rings (SSSR count). The van der Waals surface area contributed by atoms with Crippen LogP contribution in [0.25, 0.3) is 0 Å². The lowest BCUT2D eigenvalue weighted by Gasteiger charge is -2.20. The lowest BCUT2D eigenvalue weighted by Crippen LogP contribution is -2.41. The Kier molecular flexibility index (Phi) is 4.29. The van der Waals surface area contributed by atoms with Crippen molar-refractivity contribution in [3.8, 4) is 0 Å². The third-order valence-corrected chi connectivity index (χ3v) is 4.83. The molecule has 0 radical (unpaired) electrons. The van der Waals surface area contributed by atoms with Crippen molar-refractivity contribution in [2.45, 2.75) is 45.6 Å². The van der Waals surface area contributed by atoms with Gasteiger partial charge in [-0.25, -0.2) is 0 Å². The molecule has 21 heavy (non-hydrogen) atoms. The van der Waals surface area contributed by atoms with Gasteiger partial charge in [0.25, 0.3) is 0 Å². The molecule has 1 aromatic rings. The van der Waals surface area contributed by atoms with Crippen LogP contribution >= 0.6 is 0 Å². The van der Waals surface area contributed by atoms with Crippen LogP contribution in [0.2, 0.25) is 0 Å². The van der Waals surface area contributed by atoms with Crippen molar-refractivity contribution >= 4 is 11.6 Å². The van der Waals surface area contributed by atoms with E-state index in [1.165, 1.54) is 31.2 Å². The van der Waals surface area contributed by atoms with Crippen LogP contribution in [0.15, 0.2) is 24.3 Å². The van der Waals surface area contributed by atoms with Gasteiger partial charge in [-0.3, -0.25) is 4.79 Å². The van der Waals surface area contributed by atoms with Crippen molar-refractivity contribution in [2.24, 2.45) is 17.8 Å². The average Bonchev–Trinajstić information content (AvgIpc) is 3.35. The van der Waals surface area contributed by atoms with E-state index in [-0.39, 0.29) is 11.9 Å². The number of hydrogen-bond acceptors (Lipinski definition) is 2. The Morgan fingerprint density at radius 2 is 1.71 bits per heavy atom. The maximum absolute atomic E-state index is 12.2. The fourth-order valence-corrected chi connectivity index (χ4v) is 3.06. The normalized spacial score (nSPS) is 19.6. The van der Waals surface area contributed by atoms with Crippen molar-refractivity contribution in [3.05, 3.63) is 29.8 Å². The Balaban J connectivity index is 1.46. The average molecular weight is 286 g/mol. The molecule has 1 aromatic carbocycles. The second-order valence-corrected chi connectivity index (χ2v) is 6.82. The molecule has 1 unspecified atom stereocenters. The third-order valence-electron chi connectivity index (χ3n) is 4.83. The standard InChI is InChI=1S/C18H26N2O/c1-12-3-9-16(10-4-12)20-18(21)13(2)19-11-17(14-5-6-14)15-7-8-15/h3-4,9-10,13-15,17,19H,5-8,11H2,1-2H3,(H,20,21). The summed E-state index contributed by atoms with van der Waals surface area (Å²) in [6.45, 7) is 5.00. The van der Waals surface area contributed by atoms with E-state index in [1.54, 1.807) is 0 Å². The van der Waals surface area contributed by atoms with Crippen LogP contribution < -0.4 is 10.6 Å². The molecule has 2 aliphatic carbocycles. The third kappa shape index (κ3) is 4.07. The quantitative estimate of drug-likeness (QED) is 0.807. The largest absolute Gasteiger partial charge is 0.325 e. The maximum Gasteiger partial charge on any atom is 0.241 e. The fraction of sp³-hybridized carbons (Fsp3) is 0.611. The minimum absolute atomic E-state index is 0.0594. The number of rotatable bonds is 7. The second-order valence-electron chi connectivity index (χ2n) is 6.82. The number of carbonyl (C=O) groups excluding carboxylic acids is 1. The molecule has 0 bridgehead atoms. The topological polar surface area (TPSA) is 41.1 Å². The zero-order chi connectivity index (χ0) is 14.8. The highest BCUT2D eigenvalue weighted by molar-refractivity contribution is 5.94. The first-order valence-corrected chi connectivity index (χ1v) is 8.24. The molecule has 2 N–H and O–H groups in total. The first-order chi connectivity index (χ1) is 10.1. The van der Waals surface area contributed by atoms with E-state index in [1.807, 2.05) is 38.1 Å². The Bertz CT molecular complexity index is 476. The summed E-state index contributed by atoms with van der Waals surface area (Å²) in [5.74, 6) is 2.72. The van der Waals surface area contributed by atoms with Gasteiger partial charge in [0, 0.05) is 5.69 Å². The van der Waals surface area contributed by atoms with Gasteiger partial charge in [-0.2, -0.15) is 0 Å². The summed E-state index contributed by atoms with van der Waals surface area (Å²) in [6, 6.07) is 7.81. The van der Waals surface area contributed by atoms with Gasteiger partial charge in [-0.15, -0.1) is 0 Å². The Morgan fingerprint density at radius 3 is 2.24 bits per heavy atom. The zero-order valence-electron chi connectivity index (χ0n) is 13.1. The molecule has 1 amide bonds. The number of nitrogens with one attached hydrogen (secondary N) is 2. The lowest BCUT2D eigenvalue weighted by atomic mass is 9.97. The predicted octanol–water partition coefficient (Wildman–Crippen LogP) is 3.35. The van der Waals surface area contributed by atoms with Crippen LogP contribution in [0, 0.1) is 24.7 Å². The molecule has 114 valence electrons. The van der Waals surface area contributed by atoms with E-state index in [0.717, 1.165) is 30.0 Å². The summed E-state index contributed by atoms with van der Waals surface area (Å²) in [6.07, 6.45) is 5.58. The van der Waals surface area contributed by atoms with Gasteiger partial charge in [-0.05, 0) is 76.0 Å². The summed E-state index contributed by atoms with van der Waals surface area (Å²) in [4.78, 5) is 12.2. The van der Waals surface area contributed by atoms with Crippen LogP contribution in [0.1, 0.15) is 38.2 Å². The Labute approximate surface area is 127 Å². The van der Waals surface area contributed by atoms with Gasteiger partial charge in [-0.1, -0.05) is 17.7 Å². The number of anilines is 1. The molecule has 2 saturated carbocycles. The van der Waals surface area contributed by atoms with E-state index < -0.39 is 0 Å². The van der Waals surface area contributed by atoms with Gasteiger partial charge in [0.1, 0.15) is 0 Å². The predicted molar refractivity (Wildman–Crippen MR) is 86.2 cm³/mol. The SMILES string of the molecule is Cc1ccc(NC(=O)C(C)NCC(C2CC2)C2CC2)cc1. The fourth-order valence-electron chi connectivity index (χ4n) is 3.06. The van der Waals surface area contributed by atoms with Crippen LogP contribution in [0.5, 0.6) is 0 Å². The summed E-state index contributed by atoms with van der Waals surface area (Å²) in [5.41, 5.74) is 2.08. The smallest absolute Gasteiger partial charge is 0.241 e. The van der Waals surface area contributed by atoms with Gasteiger partial charge >= 0.3 is 0 Å². The Morgan fingerprint density at radius 1 is 1.14 bits per heavy atom. The van der Waals surface area contributed by atoms with Crippen molar-refractivity contribution in [1.29, 1.82) is 0 Å². The number of benzene rings is 1. The maximum atomic E-state index is 12.2. The van der Waals surface area contributed by atoms with E-state index in [9.17, 15) is 4.79 Å². The molecule has 0 saturated heterocycles. The molecule has 0 aliphatic heterocycles. The molecule has 0 spiro atoms. The lowest BCUT2D eigenvalue weighted by molar-refractivity contribution is -0.117. The number of amides is 1. The molecular formula is C18H26N2O. The summed E-state index contributed by atoms with van der Waals surface area (Å²) in [5, 5.41) is 6.43. The van der Waals surface area contributed by atoms with E-state index in [4.69, 9.17) is 0 Å². The van der Waals surface area contributed by atoms with Gasteiger partial charge in [0.15, 0.2) is 0 Å². The molecule has 2 aliphatic rings. The monoisotopic (exact) mass is 286 g/mol. The number of aryl methyl sites for hydroxylation is 1. The molecular weight excluding hydrogens is 260 g/mol. The first-order valence-electron chi connectivity index (χ1n) is 8.24. The molecule has 0 aromatic heterocycles. The summed E-state index contributed by atoms with van der Waals surface area (Å²) in [7, 11) is 0. The van der Waals surface area contributed by atoms with Crippen LogP contribution in [-0.4, -0.2) is 18.5 Å². The molecule has 0 heterocycles. The minimum Gasteiger partial charge on any atom is -0.325 e. The van der Waals surface area contributed by atoms with Crippen molar-refractivity contribution in [2.75, 3.05) is 11.9 Å². The number of carbonyl (C=O) groups is 1. The molecule has 1 atom stereocenters.